The third-order valence-electron chi connectivity index (χ3n) is 3.79. The quantitative estimate of drug-likeness (QED) is 0.842. The van der Waals surface area contributed by atoms with E-state index in [0.29, 0.717) is 5.02 Å². The maximum Gasteiger partial charge on any atom is 0.170 e. The Kier molecular flexibility index (Phi) is 4.41. The highest BCUT2D eigenvalue weighted by Gasteiger charge is 2.38. The minimum absolute atomic E-state index is 0.208. The first-order chi connectivity index (χ1) is 8.68. The summed E-state index contributed by atoms with van der Waals surface area (Å²) in [6.07, 6.45) is 4.08. The maximum atomic E-state index is 12.7. The van der Waals surface area contributed by atoms with E-state index in [1.807, 2.05) is 12.1 Å². The van der Waals surface area contributed by atoms with Crippen molar-refractivity contribution in [1.82, 2.24) is 5.32 Å². The van der Waals surface area contributed by atoms with Crippen molar-refractivity contribution < 1.29 is 4.79 Å². The zero-order chi connectivity index (χ0) is 13.0. The van der Waals surface area contributed by atoms with E-state index in [-0.39, 0.29) is 11.2 Å². The summed E-state index contributed by atoms with van der Waals surface area (Å²) in [4.78, 5) is 12.7. The lowest BCUT2D eigenvalue weighted by Crippen LogP contribution is -2.45. The molecular weight excluding hydrogens is 246 g/mol. The Balaban J connectivity index is 2.24. The number of ketones is 1. The van der Waals surface area contributed by atoms with Crippen molar-refractivity contribution in [3.05, 3.63) is 34.9 Å². The highest BCUT2D eigenvalue weighted by molar-refractivity contribution is 6.30. The Hall–Kier alpha value is -0.860. The largest absolute Gasteiger partial charge is 0.316 e. The molecule has 0 aromatic heterocycles. The van der Waals surface area contributed by atoms with E-state index in [4.69, 9.17) is 11.6 Å². The highest BCUT2D eigenvalue weighted by atomic mass is 35.5. The van der Waals surface area contributed by atoms with Crippen molar-refractivity contribution in [3.63, 3.8) is 0 Å². The Morgan fingerprint density at radius 1 is 1.39 bits per heavy atom. The minimum atomic E-state index is -0.208. The molecule has 18 heavy (non-hydrogen) atoms. The van der Waals surface area contributed by atoms with E-state index in [0.717, 1.165) is 44.3 Å². The fourth-order valence-corrected chi connectivity index (χ4v) is 3.00. The van der Waals surface area contributed by atoms with Crippen LogP contribution in [0.15, 0.2) is 24.3 Å². The van der Waals surface area contributed by atoms with Crippen LogP contribution in [0.4, 0.5) is 0 Å². The van der Waals surface area contributed by atoms with Gasteiger partial charge in [0.15, 0.2) is 5.78 Å². The minimum Gasteiger partial charge on any atom is -0.316 e. The van der Waals surface area contributed by atoms with E-state index < -0.39 is 0 Å². The van der Waals surface area contributed by atoms with Crippen LogP contribution in [0.5, 0.6) is 0 Å². The van der Waals surface area contributed by atoms with Crippen molar-refractivity contribution in [2.75, 3.05) is 13.1 Å². The third kappa shape index (κ3) is 2.76. The molecule has 0 saturated carbocycles. The van der Waals surface area contributed by atoms with Gasteiger partial charge in [-0.25, -0.2) is 0 Å². The maximum absolute atomic E-state index is 12.7. The number of rotatable bonds is 4. The molecule has 0 bridgehead atoms. The summed E-state index contributed by atoms with van der Waals surface area (Å²) in [5, 5.41) is 4.05. The molecule has 2 nitrogen and oxygen atoms in total. The Morgan fingerprint density at radius 3 is 2.67 bits per heavy atom. The van der Waals surface area contributed by atoms with Gasteiger partial charge in [-0.15, -0.1) is 0 Å². The lowest BCUT2D eigenvalue weighted by molar-refractivity contribution is 0.0718. The van der Waals surface area contributed by atoms with Gasteiger partial charge in [-0.3, -0.25) is 4.79 Å². The van der Waals surface area contributed by atoms with Crippen molar-refractivity contribution in [2.24, 2.45) is 5.41 Å². The van der Waals surface area contributed by atoms with Gasteiger partial charge in [-0.1, -0.05) is 24.9 Å². The zero-order valence-electron chi connectivity index (χ0n) is 10.8. The summed E-state index contributed by atoms with van der Waals surface area (Å²) >= 11 is 5.87. The van der Waals surface area contributed by atoms with Crippen LogP contribution in [0, 0.1) is 5.41 Å². The van der Waals surface area contributed by atoms with Gasteiger partial charge < -0.3 is 5.32 Å². The molecule has 98 valence electrons. The molecule has 1 aromatic rings. The van der Waals surface area contributed by atoms with Crippen molar-refractivity contribution in [2.45, 2.75) is 32.6 Å². The van der Waals surface area contributed by atoms with Crippen LogP contribution >= 0.6 is 11.6 Å². The average molecular weight is 266 g/mol. The van der Waals surface area contributed by atoms with E-state index in [2.05, 4.69) is 12.2 Å². The average Bonchev–Trinajstić information content (AvgIpc) is 2.40. The van der Waals surface area contributed by atoms with Gasteiger partial charge in [-0.2, -0.15) is 0 Å². The van der Waals surface area contributed by atoms with Crippen LogP contribution in [0.25, 0.3) is 0 Å². The number of nitrogens with one attached hydrogen (secondary N) is 1. The van der Waals surface area contributed by atoms with E-state index in [1.165, 1.54) is 0 Å². The van der Waals surface area contributed by atoms with Gasteiger partial charge in [0, 0.05) is 22.5 Å². The van der Waals surface area contributed by atoms with Gasteiger partial charge in [0.2, 0.25) is 0 Å². The molecule has 0 aliphatic carbocycles. The molecule has 3 heteroatoms. The summed E-state index contributed by atoms with van der Waals surface area (Å²) in [6.45, 7) is 3.98. The normalized spacial score (nSPS) is 23.9. The SMILES string of the molecule is CCCC1(C(=O)c2ccc(Cl)cc2)CCCNC1. The van der Waals surface area contributed by atoms with Crippen LogP contribution in [-0.4, -0.2) is 18.9 Å². The molecular formula is C15H20ClNO. The molecule has 1 fully saturated rings. The molecule has 2 rings (SSSR count). The first-order valence-corrected chi connectivity index (χ1v) is 7.07. The molecule has 1 aliphatic rings. The number of Topliss-reactive ketones (excluding diaryl/α,β-unsaturated/α-hetero) is 1. The second-order valence-corrected chi connectivity index (χ2v) is 5.58. The smallest absolute Gasteiger partial charge is 0.170 e. The number of piperidine rings is 1. The summed E-state index contributed by atoms with van der Waals surface area (Å²) in [5.74, 6) is 0.271. The van der Waals surface area contributed by atoms with Crippen LogP contribution in [0.2, 0.25) is 5.02 Å². The number of hydrogen-bond acceptors (Lipinski definition) is 2. The number of carbonyl (C=O) groups excluding carboxylic acids is 1. The lowest BCUT2D eigenvalue weighted by atomic mass is 9.72. The van der Waals surface area contributed by atoms with Gasteiger partial charge in [-0.05, 0) is 50.1 Å². The van der Waals surface area contributed by atoms with Gasteiger partial charge >= 0.3 is 0 Å². The predicted molar refractivity (Wildman–Crippen MR) is 75.2 cm³/mol. The van der Waals surface area contributed by atoms with Gasteiger partial charge in [0.1, 0.15) is 0 Å². The summed E-state index contributed by atoms with van der Waals surface area (Å²) < 4.78 is 0. The first kappa shape index (κ1) is 13.6. The molecule has 0 spiro atoms. The molecule has 1 unspecified atom stereocenters. The fourth-order valence-electron chi connectivity index (χ4n) is 2.87. The van der Waals surface area contributed by atoms with Crippen LogP contribution in [0.3, 0.4) is 0 Å². The molecule has 1 atom stereocenters. The number of halogens is 1. The zero-order valence-corrected chi connectivity index (χ0v) is 11.6. The van der Waals surface area contributed by atoms with Crippen molar-refractivity contribution in [1.29, 1.82) is 0 Å². The Morgan fingerprint density at radius 2 is 2.11 bits per heavy atom. The highest BCUT2D eigenvalue weighted by Crippen LogP contribution is 2.35. The van der Waals surface area contributed by atoms with Gasteiger partial charge in [0.25, 0.3) is 0 Å². The standard InChI is InChI=1S/C15H20ClNO/c1-2-8-15(9-3-10-17-11-15)14(18)12-4-6-13(16)7-5-12/h4-7,17H,2-3,8-11H2,1H3. The Labute approximate surface area is 114 Å². The van der Waals surface area contributed by atoms with Crippen LogP contribution in [-0.2, 0) is 0 Å². The summed E-state index contributed by atoms with van der Waals surface area (Å²) in [6, 6.07) is 7.28. The van der Waals surface area contributed by atoms with Crippen LogP contribution < -0.4 is 5.32 Å². The fraction of sp³-hybridized carbons (Fsp3) is 0.533. The topological polar surface area (TPSA) is 29.1 Å². The predicted octanol–water partition coefficient (Wildman–Crippen LogP) is 3.69. The third-order valence-corrected chi connectivity index (χ3v) is 4.04. The van der Waals surface area contributed by atoms with E-state index in [9.17, 15) is 4.79 Å². The lowest BCUT2D eigenvalue weighted by Gasteiger charge is -2.36. The number of benzene rings is 1. The first-order valence-electron chi connectivity index (χ1n) is 6.69. The second kappa shape index (κ2) is 5.85. The van der Waals surface area contributed by atoms with E-state index >= 15 is 0 Å². The molecule has 0 radical (unpaired) electrons. The monoisotopic (exact) mass is 265 g/mol. The van der Waals surface area contributed by atoms with Crippen molar-refractivity contribution >= 4 is 17.4 Å². The Bertz CT molecular complexity index is 401. The summed E-state index contributed by atoms with van der Waals surface area (Å²) in [7, 11) is 0. The molecule has 1 aromatic carbocycles. The molecule has 1 aliphatic heterocycles. The van der Waals surface area contributed by atoms with E-state index in [1.54, 1.807) is 12.1 Å². The van der Waals surface area contributed by atoms with Crippen LogP contribution in [0.1, 0.15) is 43.0 Å². The number of carbonyl (C=O) groups is 1. The second-order valence-electron chi connectivity index (χ2n) is 5.15. The molecule has 0 amide bonds. The van der Waals surface area contributed by atoms with Gasteiger partial charge in [0.05, 0.1) is 0 Å². The molecule has 1 saturated heterocycles. The summed E-state index contributed by atoms with van der Waals surface area (Å²) in [5.41, 5.74) is 0.581. The number of hydrogen-bond donors (Lipinski definition) is 1. The molecule has 1 N–H and O–H groups in total. The van der Waals surface area contributed by atoms with Crippen molar-refractivity contribution in [3.8, 4) is 0 Å². The molecule has 1 heterocycles.